The summed E-state index contributed by atoms with van der Waals surface area (Å²) in [5.41, 5.74) is 1.35. The van der Waals surface area contributed by atoms with Gasteiger partial charge in [-0.2, -0.15) is 0 Å². The third kappa shape index (κ3) is 2.71. The highest BCUT2D eigenvalue weighted by Gasteiger charge is 2.34. The van der Waals surface area contributed by atoms with Gasteiger partial charge in [-0.15, -0.1) is 0 Å². The number of amides is 1. The summed E-state index contributed by atoms with van der Waals surface area (Å²) in [5.74, 6) is -2.37. The van der Waals surface area contributed by atoms with E-state index in [0.29, 0.717) is 12.2 Å². The molecule has 0 bridgehead atoms. The van der Waals surface area contributed by atoms with E-state index in [4.69, 9.17) is 5.11 Å². The summed E-state index contributed by atoms with van der Waals surface area (Å²) in [6.07, 6.45) is 2.90. The SMILES string of the molecule is C[C@H]1CC=C(C2=CCC(F)(F)CC2)N(C(=O)O)C1. The van der Waals surface area contributed by atoms with Crippen molar-refractivity contribution >= 4 is 6.09 Å². The zero-order chi connectivity index (χ0) is 13.3. The Balaban J connectivity index is 2.21. The molecule has 0 unspecified atom stereocenters. The zero-order valence-corrected chi connectivity index (χ0v) is 10.3. The first-order valence-electron chi connectivity index (χ1n) is 6.17. The molecule has 1 aliphatic carbocycles. The second-order valence-corrected chi connectivity index (χ2v) is 5.11. The summed E-state index contributed by atoms with van der Waals surface area (Å²) < 4.78 is 26.1. The first-order valence-corrected chi connectivity index (χ1v) is 6.17. The van der Waals surface area contributed by atoms with Gasteiger partial charge in [0.2, 0.25) is 0 Å². The third-order valence-electron chi connectivity index (χ3n) is 3.47. The Morgan fingerprint density at radius 2 is 2.22 bits per heavy atom. The number of nitrogens with zero attached hydrogens (tertiary/aromatic N) is 1. The maximum Gasteiger partial charge on any atom is 0.411 e. The molecule has 0 aromatic carbocycles. The third-order valence-corrected chi connectivity index (χ3v) is 3.47. The molecule has 2 rings (SSSR count). The second kappa shape index (κ2) is 4.71. The topological polar surface area (TPSA) is 40.5 Å². The van der Waals surface area contributed by atoms with Crippen LogP contribution in [0.15, 0.2) is 23.4 Å². The van der Waals surface area contributed by atoms with Gasteiger partial charge >= 0.3 is 6.09 Å². The molecule has 1 heterocycles. The molecule has 1 aliphatic heterocycles. The number of carboxylic acid groups (broad SMARTS) is 1. The monoisotopic (exact) mass is 257 g/mol. The molecular formula is C13H17F2NO2. The number of hydrogen-bond donors (Lipinski definition) is 1. The van der Waals surface area contributed by atoms with Crippen molar-refractivity contribution in [3.05, 3.63) is 23.4 Å². The zero-order valence-electron chi connectivity index (χ0n) is 10.3. The standard InChI is InChI=1S/C13H17F2NO2/c1-9-2-3-11(16(8-9)12(17)18)10-4-6-13(14,15)7-5-10/h3-4,9H,2,5-8H2,1H3,(H,17,18)/t9-/m0/s1. The summed E-state index contributed by atoms with van der Waals surface area (Å²) in [6, 6.07) is 0. The molecule has 1 N–H and O–H groups in total. The van der Waals surface area contributed by atoms with Crippen molar-refractivity contribution in [2.24, 2.45) is 5.92 Å². The van der Waals surface area contributed by atoms with Crippen LogP contribution in [-0.2, 0) is 0 Å². The highest BCUT2D eigenvalue weighted by atomic mass is 19.3. The van der Waals surface area contributed by atoms with Gasteiger partial charge < -0.3 is 5.11 Å². The maximum absolute atomic E-state index is 13.1. The van der Waals surface area contributed by atoms with Crippen LogP contribution in [0.4, 0.5) is 13.6 Å². The van der Waals surface area contributed by atoms with E-state index in [1.807, 2.05) is 13.0 Å². The molecule has 18 heavy (non-hydrogen) atoms. The van der Waals surface area contributed by atoms with Crippen LogP contribution in [0.25, 0.3) is 0 Å². The van der Waals surface area contributed by atoms with E-state index in [0.717, 1.165) is 12.0 Å². The van der Waals surface area contributed by atoms with Gasteiger partial charge in [0, 0.05) is 25.1 Å². The van der Waals surface area contributed by atoms with Crippen LogP contribution in [0.5, 0.6) is 0 Å². The van der Waals surface area contributed by atoms with E-state index in [1.54, 1.807) is 0 Å². The summed E-state index contributed by atoms with van der Waals surface area (Å²) in [7, 11) is 0. The van der Waals surface area contributed by atoms with Gasteiger partial charge in [0.15, 0.2) is 0 Å². The highest BCUT2D eigenvalue weighted by molar-refractivity contribution is 5.69. The average molecular weight is 257 g/mol. The van der Waals surface area contributed by atoms with Crippen LogP contribution in [0.3, 0.4) is 0 Å². The predicted octanol–water partition coefficient (Wildman–Crippen LogP) is 3.64. The minimum Gasteiger partial charge on any atom is -0.465 e. The minimum atomic E-state index is -2.64. The van der Waals surface area contributed by atoms with E-state index in [2.05, 4.69) is 0 Å². The molecule has 0 aromatic rings. The van der Waals surface area contributed by atoms with Crippen molar-refractivity contribution in [1.82, 2.24) is 4.90 Å². The van der Waals surface area contributed by atoms with E-state index >= 15 is 0 Å². The fourth-order valence-electron chi connectivity index (χ4n) is 2.42. The lowest BCUT2D eigenvalue weighted by molar-refractivity contribution is -0.00868. The van der Waals surface area contributed by atoms with Gasteiger partial charge in [-0.25, -0.2) is 13.6 Å². The lowest BCUT2D eigenvalue weighted by Crippen LogP contribution is -2.37. The molecule has 3 nitrogen and oxygen atoms in total. The first kappa shape index (κ1) is 13.1. The largest absolute Gasteiger partial charge is 0.465 e. The van der Waals surface area contributed by atoms with Crippen molar-refractivity contribution < 1.29 is 18.7 Å². The van der Waals surface area contributed by atoms with Crippen LogP contribution < -0.4 is 0 Å². The minimum absolute atomic E-state index is 0.195. The summed E-state index contributed by atoms with van der Waals surface area (Å²) >= 11 is 0. The molecule has 2 aliphatic rings. The smallest absolute Gasteiger partial charge is 0.411 e. The van der Waals surface area contributed by atoms with E-state index in [9.17, 15) is 13.6 Å². The quantitative estimate of drug-likeness (QED) is 0.779. The fraction of sp³-hybridized carbons (Fsp3) is 0.615. The van der Waals surface area contributed by atoms with Crippen LogP contribution in [0.2, 0.25) is 0 Å². The van der Waals surface area contributed by atoms with Crippen molar-refractivity contribution in [2.75, 3.05) is 6.54 Å². The molecule has 5 heteroatoms. The van der Waals surface area contributed by atoms with Crippen molar-refractivity contribution in [3.8, 4) is 0 Å². The van der Waals surface area contributed by atoms with Crippen molar-refractivity contribution in [2.45, 2.75) is 38.5 Å². The average Bonchev–Trinajstić information content (AvgIpc) is 2.29. The number of halogens is 2. The molecular weight excluding hydrogens is 240 g/mol. The van der Waals surface area contributed by atoms with Gasteiger partial charge in [-0.1, -0.05) is 19.1 Å². The van der Waals surface area contributed by atoms with E-state index in [1.165, 1.54) is 11.0 Å². The normalized spacial score (nSPS) is 27.5. The molecule has 0 spiro atoms. The van der Waals surface area contributed by atoms with Gasteiger partial charge in [-0.05, 0) is 24.3 Å². The first-order chi connectivity index (χ1) is 8.39. The van der Waals surface area contributed by atoms with Crippen LogP contribution >= 0.6 is 0 Å². The van der Waals surface area contributed by atoms with Crippen LogP contribution in [0.1, 0.15) is 32.6 Å². The number of allylic oxidation sites excluding steroid dienone is 3. The molecule has 0 saturated carbocycles. The Bertz CT molecular complexity index is 415. The summed E-state index contributed by atoms with van der Waals surface area (Å²) in [4.78, 5) is 12.5. The van der Waals surface area contributed by atoms with Gasteiger partial charge in [0.05, 0.1) is 0 Å². The number of rotatable bonds is 1. The Kier molecular flexibility index (Phi) is 3.41. The molecule has 0 fully saturated rings. The Morgan fingerprint density at radius 3 is 2.78 bits per heavy atom. The number of alkyl halides is 2. The van der Waals surface area contributed by atoms with Gasteiger partial charge in [0.25, 0.3) is 5.92 Å². The molecule has 0 saturated heterocycles. The highest BCUT2D eigenvalue weighted by Crippen LogP contribution is 2.37. The van der Waals surface area contributed by atoms with Crippen molar-refractivity contribution in [1.29, 1.82) is 0 Å². The Hall–Kier alpha value is -1.39. The lowest BCUT2D eigenvalue weighted by atomic mass is 9.90. The summed E-state index contributed by atoms with van der Waals surface area (Å²) in [5, 5.41) is 9.17. The number of carbonyl (C=O) groups is 1. The molecule has 0 aromatic heterocycles. The summed E-state index contributed by atoms with van der Waals surface area (Å²) in [6.45, 7) is 2.42. The van der Waals surface area contributed by atoms with Crippen LogP contribution in [0, 0.1) is 5.92 Å². The maximum atomic E-state index is 13.1. The van der Waals surface area contributed by atoms with Gasteiger partial charge in [0.1, 0.15) is 0 Å². The van der Waals surface area contributed by atoms with Crippen LogP contribution in [-0.4, -0.2) is 28.6 Å². The Labute approximate surface area is 105 Å². The van der Waals surface area contributed by atoms with Gasteiger partial charge in [-0.3, -0.25) is 4.90 Å². The molecule has 100 valence electrons. The molecule has 1 atom stereocenters. The predicted molar refractivity (Wildman–Crippen MR) is 63.5 cm³/mol. The Morgan fingerprint density at radius 1 is 1.50 bits per heavy atom. The lowest BCUT2D eigenvalue weighted by Gasteiger charge is -2.33. The fourth-order valence-corrected chi connectivity index (χ4v) is 2.42. The van der Waals surface area contributed by atoms with E-state index < -0.39 is 12.0 Å². The molecule has 0 radical (unpaired) electrons. The number of hydrogen-bond acceptors (Lipinski definition) is 1. The van der Waals surface area contributed by atoms with E-state index in [-0.39, 0.29) is 25.2 Å². The molecule has 1 amide bonds. The van der Waals surface area contributed by atoms with Crippen molar-refractivity contribution in [3.63, 3.8) is 0 Å². The second-order valence-electron chi connectivity index (χ2n) is 5.11.